The van der Waals surface area contributed by atoms with Gasteiger partial charge in [0, 0.05) is 5.41 Å². The average molecular weight is 286 g/mol. The van der Waals surface area contributed by atoms with Gasteiger partial charge in [-0.15, -0.1) is 0 Å². The van der Waals surface area contributed by atoms with Crippen LogP contribution in [0.3, 0.4) is 0 Å². The van der Waals surface area contributed by atoms with Crippen LogP contribution in [0.2, 0.25) is 0 Å². The molecule has 112 valence electrons. The SMILES string of the molecule is CCCCCCCC(CO)(CO)CO.OP(O)O. The Labute approximate surface area is 110 Å². The van der Waals surface area contributed by atoms with Crippen LogP contribution in [0.1, 0.15) is 45.4 Å². The molecule has 7 heteroatoms. The molecular weight excluding hydrogens is 259 g/mol. The van der Waals surface area contributed by atoms with Crippen molar-refractivity contribution in [1.82, 2.24) is 0 Å². The predicted octanol–water partition coefficient (Wildman–Crippen LogP) is 0.500. The summed E-state index contributed by atoms with van der Waals surface area (Å²) in [6.45, 7) is 1.77. The number of rotatable bonds is 9. The Kier molecular flexibility index (Phi) is 15.5. The third kappa shape index (κ3) is 12.6. The summed E-state index contributed by atoms with van der Waals surface area (Å²) in [5.41, 5.74) is -0.661. The zero-order valence-electron chi connectivity index (χ0n) is 11.0. The highest BCUT2D eigenvalue weighted by Crippen LogP contribution is 2.23. The summed E-state index contributed by atoms with van der Waals surface area (Å²) in [7, 11) is -2.62. The lowest BCUT2D eigenvalue weighted by molar-refractivity contribution is -0.00229. The summed E-state index contributed by atoms with van der Waals surface area (Å²) >= 11 is 0. The van der Waals surface area contributed by atoms with E-state index in [4.69, 9.17) is 30.0 Å². The van der Waals surface area contributed by atoms with E-state index in [9.17, 15) is 0 Å². The molecule has 0 saturated heterocycles. The molecule has 0 heterocycles. The van der Waals surface area contributed by atoms with Gasteiger partial charge in [0.1, 0.15) is 0 Å². The van der Waals surface area contributed by atoms with Crippen LogP contribution >= 0.6 is 8.60 Å². The lowest BCUT2D eigenvalue weighted by atomic mass is 9.85. The third-order valence-corrected chi connectivity index (χ3v) is 2.82. The molecule has 0 atom stereocenters. The van der Waals surface area contributed by atoms with Crippen LogP contribution in [0.25, 0.3) is 0 Å². The maximum Gasteiger partial charge on any atom is 0.324 e. The second kappa shape index (κ2) is 13.6. The molecule has 0 saturated carbocycles. The first kappa shape index (κ1) is 20.5. The molecular formula is C11H27O6P. The molecule has 0 aliphatic rings. The van der Waals surface area contributed by atoms with Crippen LogP contribution in [0.4, 0.5) is 0 Å². The van der Waals surface area contributed by atoms with E-state index >= 15 is 0 Å². The minimum Gasteiger partial charge on any atom is -0.396 e. The molecule has 0 aliphatic carbocycles. The van der Waals surface area contributed by atoms with Gasteiger partial charge in [-0.25, -0.2) is 0 Å². The predicted molar refractivity (Wildman–Crippen MR) is 70.6 cm³/mol. The highest BCUT2D eigenvalue weighted by Gasteiger charge is 2.26. The van der Waals surface area contributed by atoms with Gasteiger partial charge in [-0.1, -0.05) is 39.0 Å². The van der Waals surface area contributed by atoms with Gasteiger partial charge in [0.05, 0.1) is 19.8 Å². The lowest BCUT2D eigenvalue weighted by Crippen LogP contribution is -2.33. The Morgan fingerprint density at radius 2 is 1.17 bits per heavy atom. The largest absolute Gasteiger partial charge is 0.396 e. The zero-order chi connectivity index (χ0) is 14.4. The number of aliphatic hydroxyl groups excluding tert-OH is 3. The third-order valence-electron chi connectivity index (χ3n) is 2.82. The summed E-state index contributed by atoms with van der Waals surface area (Å²) in [6.07, 6.45) is 6.46. The van der Waals surface area contributed by atoms with Gasteiger partial charge < -0.3 is 30.0 Å². The molecule has 18 heavy (non-hydrogen) atoms. The van der Waals surface area contributed by atoms with Crippen molar-refractivity contribution in [1.29, 1.82) is 0 Å². The van der Waals surface area contributed by atoms with Gasteiger partial charge in [-0.3, -0.25) is 0 Å². The Morgan fingerprint density at radius 1 is 0.778 bits per heavy atom. The van der Waals surface area contributed by atoms with Crippen molar-refractivity contribution in [2.24, 2.45) is 5.41 Å². The van der Waals surface area contributed by atoms with Crippen LogP contribution in [-0.4, -0.2) is 49.8 Å². The fourth-order valence-electron chi connectivity index (χ4n) is 1.49. The average Bonchev–Trinajstić information content (AvgIpc) is 2.34. The molecule has 6 N–H and O–H groups in total. The first-order valence-electron chi connectivity index (χ1n) is 6.17. The summed E-state index contributed by atoms with van der Waals surface area (Å²) in [5, 5.41) is 27.2. The van der Waals surface area contributed by atoms with E-state index in [-0.39, 0.29) is 19.8 Å². The Bertz CT molecular complexity index is 153. The van der Waals surface area contributed by atoms with Crippen LogP contribution in [0.15, 0.2) is 0 Å². The smallest absolute Gasteiger partial charge is 0.324 e. The summed E-state index contributed by atoms with van der Waals surface area (Å²) < 4.78 is 0. The van der Waals surface area contributed by atoms with Crippen molar-refractivity contribution in [2.45, 2.75) is 45.4 Å². The molecule has 0 aromatic carbocycles. The number of hydrogen-bond donors (Lipinski definition) is 6. The Balaban J connectivity index is 0. The highest BCUT2D eigenvalue weighted by atomic mass is 31.2. The maximum absolute atomic E-state index is 9.06. The van der Waals surface area contributed by atoms with E-state index in [1.807, 2.05) is 0 Å². The number of hydrogen-bond acceptors (Lipinski definition) is 6. The fraction of sp³-hybridized carbons (Fsp3) is 1.00. The van der Waals surface area contributed by atoms with Gasteiger partial charge >= 0.3 is 8.60 Å². The van der Waals surface area contributed by atoms with Crippen molar-refractivity contribution in [3.8, 4) is 0 Å². The van der Waals surface area contributed by atoms with E-state index in [1.165, 1.54) is 19.3 Å². The molecule has 0 spiro atoms. The molecule has 0 aromatic rings. The van der Waals surface area contributed by atoms with Gasteiger partial charge in [0.2, 0.25) is 0 Å². The van der Waals surface area contributed by atoms with Gasteiger partial charge in [-0.2, -0.15) is 0 Å². The van der Waals surface area contributed by atoms with Crippen molar-refractivity contribution < 1.29 is 30.0 Å². The second-order valence-electron chi connectivity index (χ2n) is 4.41. The number of unbranched alkanes of at least 4 members (excludes halogenated alkanes) is 4. The van der Waals surface area contributed by atoms with Crippen LogP contribution in [-0.2, 0) is 0 Å². The molecule has 0 bridgehead atoms. The minimum absolute atomic E-state index is 0.131. The molecule has 0 rings (SSSR count). The number of aliphatic hydroxyl groups is 3. The zero-order valence-corrected chi connectivity index (χ0v) is 11.9. The fourth-order valence-corrected chi connectivity index (χ4v) is 1.49. The van der Waals surface area contributed by atoms with Crippen LogP contribution < -0.4 is 0 Å². The summed E-state index contributed by atoms with van der Waals surface area (Å²) in [4.78, 5) is 21.7. The molecule has 0 aliphatic heterocycles. The summed E-state index contributed by atoms with van der Waals surface area (Å²) in [6, 6.07) is 0. The monoisotopic (exact) mass is 286 g/mol. The van der Waals surface area contributed by atoms with E-state index in [2.05, 4.69) is 6.92 Å². The van der Waals surface area contributed by atoms with Gasteiger partial charge in [-0.05, 0) is 6.42 Å². The normalized spacial score (nSPS) is 11.3. The van der Waals surface area contributed by atoms with Gasteiger partial charge in [0.25, 0.3) is 0 Å². The first-order chi connectivity index (χ1) is 8.47. The van der Waals surface area contributed by atoms with E-state index in [1.54, 1.807) is 0 Å². The van der Waals surface area contributed by atoms with Gasteiger partial charge in [0.15, 0.2) is 0 Å². The Hall–Kier alpha value is 0.190. The van der Waals surface area contributed by atoms with E-state index in [0.29, 0.717) is 6.42 Å². The van der Waals surface area contributed by atoms with Crippen molar-refractivity contribution in [3.05, 3.63) is 0 Å². The molecule has 0 aromatic heterocycles. The quantitative estimate of drug-likeness (QED) is 0.271. The van der Waals surface area contributed by atoms with Crippen molar-refractivity contribution in [3.63, 3.8) is 0 Å². The lowest BCUT2D eigenvalue weighted by Gasteiger charge is -2.27. The Morgan fingerprint density at radius 3 is 1.50 bits per heavy atom. The first-order valence-corrected chi connectivity index (χ1v) is 7.37. The molecule has 6 nitrogen and oxygen atoms in total. The van der Waals surface area contributed by atoms with Crippen molar-refractivity contribution in [2.75, 3.05) is 19.8 Å². The second-order valence-corrected chi connectivity index (χ2v) is 4.94. The highest BCUT2D eigenvalue weighted by molar-refractivity contribution is 7.38. The summed E-state index contributed by atoms with van der Waals surface area (Å²) in [5.74, 6) is 0. The van der Waals surface area contributed by atoms with Crippen LogP contribution in [0.5, 0.6) is 0 Å². The van der Waals surface area contributed by atoms with E-state index < -0.39 is 14.0 Å². The maximum atomic E-state index is 9.06. The van der Waals surface area contributed by atoms with Crippen molar-refractivity contribution >= 4 is 8.60 Å². The van der Waals surface area contributed by atoms with E-state index in [0.717, 1.165) is 12.8 Å². The van der Waals surface area contributed by atoms with Crippen LogP contribution in [0, 0.1) is 5.41 Å². The molecule has 0 fully saturated rings. The molecule has 0 amide bonds. The standard InChI is InChI=1S/C11H24O3.H3O3P/c1-2-3-4-5-6-7-11(8-12,9-13)10-14;1-4(2)3/h12-14H,2-10H2,1H3;1-3H. The minimum atomic E-state index is -2.62. The topological polar surface area (TPSA) is 121 Å². The molecule has 0 unspecified atom stereocenters. The molecule has 0 radical (unpaired) electrons.